The topological polar surface area (TPSA) is 33.5 Å². The lowest BCUT2D eigenvalue weighted by Crippen LogP contribution is -2.18. The van der Waals surface area contributed by atoms with Crippen LogP contribution in [0.25, 0.3) is 11.0 Å². The molecule has 0 saturated heterocycles. The molecule has 0 N–H and O–H groups in total. The molecule has 4 heteroatoms. The predicted molar refractivity (Wildman–Crippen MR) is 93.8 cm³/mol. The average molecular weight is 328 g/mol. The second-order valence-corrected chi connectivity index (χ2v) is 6.26. The van der Waals surface area contributed by atoms with Crippen molar-refractivity contribution in [2.45, 2.75) is 20.0 Å². The molecule has 3 nitrogen and oxygen atoms in total. The van der Waals surface area contributed by atoms with E-state index in [9.17, 15) is 4.79 Å². The zero-order chi connectivity index (χ0) is 16.4. The number of rotatable bonds is 4. The van der Waals surface area contributed by atoms with Gasteiger partial charge in [-0.1, -0.05) is 41.9 Å². The quantitative estimate of drug-likeness (QED) is 0.666. The van der Waals surface area contributed by atoms with Crippen molar-refractivity contribution < 1.29 is 4.42 Å². The van der Waals surface area contributed by atoms with Crippen molar-refractivity contribution in [3.63, 3.8) is 0 Å². The Morgan fingerprint density at radius 2 is 1.78 bits per heavy atom. The highest BCUT2D eigenvalue weighted by Crippen LogP contribution is 2.21. The summed E-state index contributed by atoms with van der Waals surface area (Å²) in [5, 5.41) is 1.73. The van der Waals surface area contributed by atoms with Gasteiger partial charge in [0.2, 0.25) is 0 Å². The highest BCUT2D eigenvalue weighted by atomic mass is 35.5. The fraction of sp³-hybridized carbons (Fsp3) is 0.211. The van der Waals surface area contributed by atoms with E-state index in [1.54, 1.807) is 6.07 Å². The highest BCUT2D eigenvalue weighted by Gasteiger charge is 2.10. The molecule has 0 spiro atoms. The van der Waals surface area contributed by atoms with E-state index in [4.69, 9.17) is 16.0 Å². The van der Waals surface area contributed by atoms with Crippen molar-refractivity contribution in [3.05, 3.63) is 80.7 Å². The zero-order valence-corrected chi connectivity index (χ0v) is 13.9. The fourth-order valence-electron chi connectivity index (χ4n) is 2.73. The van der Waals surface area contributed by atoms with Crippen molar-refractivity contribution in [2.24, 2.45) is 0 Å². The number of nitrogens with zero attached hydrogens (tertiary/aromatic N) is 1. The normalized spacial score (nSPS) is 11.3. The van der Waals surface area contributed by atoms with Crippen LogP contribution in [0.15, 0.2) is 57.7 Å². The number of hydrogen-bond donors (Lipinski definition) is 0. The standard InChI is InChI=1S/C19H18ClNO2/c1-13-7-8-16-15(10-19(22)23-18(16)9-13)12-21(2)11-14-5-3-4-6-17(14)20/h3-10H,11-12H2,1-2H3. The molecule has 0 aliphatic heterocycles. The summed E-state index contributed by atoms with van der Waals surface area (Å²) < 4.78 is 5.31. The maximum Gasteiger partial charge on any atom is 0.336 e. The van der Waals surface area contributed by atoms with Crippen LogP contribution in [0, 0.1) is 6.92 Å². The molecule has 0 aliphatic rings. The summed E-state index contributed by atoms with van der Waals surface area (Å²) in [6, 6.07) is 15.3. The van der Waals surface area contributed by atoms with E-state index in [0.717, 1.165) is 27.1 Å². The summed E-state index contributed by atoms with van der Waals surface area (Å²) in [6.45, 7) is 3.35. The Kier molecular flexibility index (Phi) is 4.51. The van der Waals surface area contributed by atoms with Crippen LogP contribution in [-0.4, -0.2) is 11.9 Å². The van der Waals surface area contributed by atoms with Gasteiger partial charge in [-0.25, -0.2) is 4.79 Å². The maximum absolute atomic E-state index is 11.8. The van der Waals surface area contributed by atoms with Crippen molar-refractivity contribution >= 4 is 22.6 Å². The lowest BCUT2D eigenvalue weighted by Gasteiger charge is -2.18. The Morgan fingerprint density at radius 3 is 2.57 bits per heavy atom. The third kappa shape index (κ3) is 3.63. The minimum absolute atomic E-state index is 0.316. The smallest absolute Gasteiger partial charge is 0.336 e. The molecule has 0 amide bonds. The molecular formula is C19H18ClNO2. The van der Waals surface area contributed by atoms with Gasteiger partial charge in [-0.3, -0.25) is 4.90 Å². The van der Waals surface area contributed by atoms with Gasteiger partial charge in [-0.15, -0.1) is 0 Å². The molecule has 23 heavy (non-hydrogen) atoms. The van der Waals surface area contributed by atoms with E-state index in [2.05, 4.69) is 4.90 Å². The Hall–Kier alpha value is -2.10. The molecule has 0 atom stereocenters. The first kappa shape index (κ1) is 15.8. The molecule has 0 unspecified atom stereocenters. The van der Waals surface area contributed by atoms with E-state index in [-0.39, 0.29) is 5.63 Å². The third-order valence-electron chi connectivity index (χ3n) is 3.82. The number of aryl methyl sites for hydroxylation is 1. The van der Waals surface area contributed by atoms with Crippen molar-refractivity contribution in [3.8, 4) is 0 Å². The molecule has 2 aromatic carbocycles. The van der Waals surface area contributed by atoms with Crippen LogP contribution >= 0.6 is 11.6 Å². The van der Waals surface area contributed by atoms with E-state index in [1.165, 1.54) is 0 Å². The number of fused-ring (bicyclic) bond motifs is 1. The molecular weight excluding hydrogens is 310 g/mol. The molecule has 1 heterocycles. The lowest BCUT2D eigenvalue weighted by atomic mass is 10.1. The van der Waals surface area contributed by atoms with Gasteiger partial charge in [0.15, 0.2) is 0 Å². The van der Waals surface area contributed by atoms with Crippen LogP contribution in [0.1, 0.15) is 16.7 Å². The number of benzene rings is 2. The van der Waals surface area contributed by atoms with E-state index >= 15 is 0 Å². The second kappa shape index (κ2) is 6.57. The highest BCUT2D eigenvalue weighted by molar-refractivity contribution is 6.31. The van der Waals surface area contributed by atoms with Gasteiger partial charge in [0.05, 0.1) is 0 Å². The van der Waals surface area contributed by atoms with E-state index in [0.29, 0.717) is 18.7 Å². The van der Waals surface area contributed by atoms with Crippen molar-refractivity contribution in [1.82, 2.24) is 4.90 Å². The number of hydrogen-bond acceptors (Lipinski definition) is 3. The average Bonchev–Trinajstić information content (AvgIpc) is 2.49. The minimum atomic E-state index is -0.316. The largest absolute Gasteiger partial charge is 0.423 e. The van der Waals surface area contributed by atoms with E-state index in [1.807, 2.05) is 56.4 Å². The first-order chi connectivity index (χ1) is 11.0. The van der Waals surface area contributed by atoms with Crippen LogP contribution in [0.2, 0.25) is 5.02 Å². The molecule has 0 saturated carbocycles. The summed E-state index contributed by atoms with van der Waals surface area (Å²) in [7, 11) is 2.01. The van der Waals surface area contributed by atoms with Crippen LogP contribution in [0.4, 0.5) is 0 Å². The summed E-state index contributed by atoms with van der Waals surface area (Å²) in [4.78, 5) is 13.9. The summed E-state index contributed by atoms with van der Waals surface area (Å²) in [5.41, 5.74) is 3.43. The van der Waals surface area contributed by atoms with Crippen LogP contribution in [0.3, 0.4) is 0 Å². The maximum atomic E-state index is 11.8. The molecule has 0 bridgehead atoms. The van der Waals surface area contributed by atoms with Gasteiger partial charge in [0.25, 0.3) is 0 Å². The van der Waals surface area contributed by atoms with Crippen molar-refractivity contribution in [2.75, 3.05) is 7.05 Å². The lowest BCUT2D eigenvalue weighted by molar-refractivity contribution is 0.319. The monoisotopic (exact) mass is 327 g/mol. The second-order valence-electron chi connectivity index (χ2n) is 5.85. The SMILES string of the molecule is Cc1ccc2c(CN(C)Cc3ccccc3Cl)cc(=O)oc2c1. The van der Waals surface area contributed by atoms with E-state index < -0.39 is 0 Å². The van der Waals surface area contributed by atoms with Gasteiger partial charge in [-0.2, -0.15) is 0 Å². The Bertz CT molecular complexity index is 901. The molecule has 0 aliphatic carbocycles. The predicted octanol–water partition coefficient (Wildman–Crippen LogP) is 4.39. The van der Waals surface area contributed by atoms with Crippen LogP contribution in [-0.2, 0) is 13.1 Å². The molecule has 0 radical (unpaired) electrons. The first-order valence-electron chi connectivity index (χ1n) is 7.48. The van der Waals surface area contributed by atoms with Gasteiger partial charge in [-0.05, 0) is 42.8 Å². The van der Waals surface area contributed by atoms with Crippen LogP contribution in [0.5, 0.6) is 0 Å². The minimum Gasteiger partial charge on any atom is -0.423 e. The molecule has 118 valence electrons. The summed E-state index contributed by atoms with van der Waals surface area (Å²) in [6.07, 6.45) is 0. The van der Waals surface area contributed by atoms with Gasteiger partial charge >= 0.3 is 5.63 Å². The Morgan fingerprint density at radius 1 is 1.04 bits per heavy atom. The summed E-state index contributed by atoms with van der Waals surface area (Å²) in [5.74, 6) is 0. The number of halogens is 1. The van der Waals surface area contributed by atoms with Gasteiger partial charge in [0.1, 0.15) is 5.58 Å². The molecule has 0 fully saturated rings. The molecule has 3 aromatic rings. The zero-order valence-electron chi connectivity index (χ0n) is 13.2. The Balaban J connectivity index is 1.89. The van der Waals surface area contributed by atoms with Gasteiger partial charge in [0, 0.05) is 29.6 Å². The first-order valence-corrected chi connectivity index (χ1v) is 7.86. The molecule has 3 rings (SSSR count). The van der Waals surface area contributed by atoms with Crippen molar-refractivity contribution in [1.29, 1.82) is 0 Å². The molecule has 1 aromatic heterocycles. The third-order valence-corrected chi connectivity index (χ3v) is 4.19. The van der Waals surface area contributed by atoms with Crippen LogP contribution < -0.4 is 5.63 Å². The Labute approximate surface area is 140 Å². The summed E-state index contributed by atoms with van der Waals surface area (Å²) >= 11 is 6.22. The van der Waals surface area contributed by atoms with Gasteiger partial charge < -0.3 is 4.42 Å². The fourth-order valence-corrected chi connectivity index (χ4v) is 2.93.